The molecule has 3 rings (SSSR count). The van der Waals surface area contributed by atoms with Gasteiger partial charge in [-0.05, 0) is 37.9 Å². The zero-order chi connectivity index (χ0) is 17.9. The Hall–Kier alpha value is -2.08. The molecule has 1 atom stereocenters. The number of aryl methyl sites for hydroxylation is 1. The average molecular weight is 346 g/mol. The lowest BCUT2D eigenvalue weighted by Crippen LogP contribution is -2.57. The highest BCUT2D eigenvalue weighted by Crippen LogP contribution is 2.31. The van der Waals surface area contributed by atoms with E-state index in [9.17, 15) is 14.7 Å². The van der Waals surface area contributed by atoms with Crippen molar-refractivity contribution in [2.75, 3.05) is 19.6 Å². The summed E-state index contributed by atoms with van der Waals surface area (Å²) in [7, 11) is 0. The lowest BCUT2D eigenvalue weighted by atomic mass is 9.90. The van der Waals surface area contributed by atoms with Gasteiger partial charge >= 0.3 is 5.97 Å². The maximum atomic E-state index is 12.6. The Bertz CT molecular complexity index is 632. The van der Waals surface area contributed by atoms with Crippen LogP contribution in [0, 0.1) is 6.92 Å². The summed E-state index contributed by atoms with van der Waals surface area (Å²) in [6.45, 7) is 3.60. The molecule has 2 fully saturated rings. The van der Waals surface area contributed by atoms with Gasteiger partial charge in [-0.25, -0.2) is 4.79 Å². The molecule has 2 aliphatic rings. The molecule has 0 radical (unpaired) electrons. The summed E-state index contributed by atoms with van der Waals surface area (Å²) in [5.74, 6) is -0.271. The van der Waals surface area contributed by atoms with Crippen LogP contribution < -0.4 is 10.1 Å². The maximum absolute atomic E-state index is 12.6. The van der Waals surface area contributed by atoms with Gasteiger partial charge in [-0.3, -0.25) is 4.79 Å². The third kappa shape index (κ3) is 3.79. The first-order chi connectivity index (χ1) is 12.0. The van der Waals surface area contributed by atoms with Gasteiger partial charge in [0.1, 0.15) is 5.75 Å². The van der Waals surface area contributed by atoms with Crippen molar-refractivity contribution in [3.63, 3.8) is 0 Å². The Balaban J connectivity index is 1.67. The van der Waals surface area contributed by atoms with E-state index in [0.717, 1.165) is 31.4 Å². The number of rotatable bonds is 4. The standard InChI is InChI=1S/C19H26N2O4/c1-14-6-2-3-8-16(14)25-19(18(23)24)9-12-21(13-10-19)17(22)15-7-4-5-11-20-15/h2-3,6,8,15,20H,4-5,7,9-13H2,1H3,(H,23,24)/t15-/m0/s1. The molecule has 0 aromatic heterocycles. The molecule has 6 nitrogen and oxygen atoms in total. The van der Waals surface area contributed by atoms with Crippen molar-refractivity contribution >= 4 is 11.9 Å². The smallest absolute Gasteiger partial charge is 0.348 e. The number of amides is 1. The number of carboxylic acid groups (broad SMARTS) is 1. The predicted octanol–water partition coefficient (Wildman–Crippen LogP) is 1.96. The second-order valence-corrected chi connectivity index (χ2v) is 6.99. The number of carbonyl (C=O) groups is 2. The van der Waals surface area contributed by atoms with E-state index in [1.54, 1.807) is 11.0 Å². The minimum atomic E-state index is -1.26. The van der Waals surface area contributed by atoms with Crippen LogP contribution in [-0.2, 0) is 9.59 Å². The van der Waals surface area contributed by atoms with Gasteiger partial charge in [0.15, 0.2) is 0 Å². The van der Waals surface area contributed by atoms with E-state index in [4.69, 9.17) is 4.74 Å². The van der Waals surface area contributed by atoms with Crippen LogP contribution in [0.25, 0.3) is 0 Å². The van der Waals surface area contributed by atoms with Crippen LogP contribution >= 0.6 is 0 Å². The van der Waals surface area contributed by atoms with Crippen molar-refractivity contribution in [3.05, 3.63) is 29.8 Å². The summed E-state index contributed by atoms with van der Waals surface area (Å²) >= 11 is 0. The fraction of sp³-hybridized carbons (Fsp3) is 0.579. The van der Waals surface area contributed by atoms with Gasteiger partial charge < -0.3 is 20.1 Å². The van der Waals surface area contributed by atoms with Crippen molar-refractivity contribution in [3.8, 4) is 5.75 Å². The zero-order valence-electron chi connectivity index (χ0n) is 14.7. The quantitative estimate of drug-likeness (QED) is 0.871. The largest absolute Gasteiger partial charge is 0.478 e. The third-order valence-electron chi connectivity index (χ3n) is 5.28. The molecule has 0 saturated carbocycles. The molecule has 136 valence electrons. The SMILES string of the molecule is Cc1ccccc1OC1(C(=O)O)CCN(C(=O)[C@@H]2CCCCN2)CC1. The molecule has 2 heterocycles. The molecule has 0 aliphatic carbocycles. The molecule has 0 bridgehead atoms. The number of benzene rings is 1. The number of hydrogen-bond donors (Lipinski definition) is 2. The van der Waals surface area contributed by atoms with Gasteiger partial charge in [0.25, 0.3) is 0 Å². The van der Waals surface area contributed by atoms with Crippen molar-refractivity contribution in [1.29, 1.82) is 0 Å². The predicted molar refractivity (Wildman–Crippen MR) is 93.6 cm³/mol. The number of nitrogens with zero attached hydrogens (tertiary/aromatic N) is 1. The monoisotopic (exact) mass is 346 g/mol. The number of likely N-dealkylation sites (tertiary alicyclic amines) is 1. The van der Waals surface area contributed by atoms with E-state index in [-0.39, 0.29) is 11.9 Å². The Morgan fingerprint density at radius 3 is 2.56 bits per heavy atom. The van der Waals surface area contributed by atoms with Gasteiger partial charge in [0, 0.05) is 25.9 Å². The Morgan fingerprint density at radius 1 is 1.24 bits per heavy atom. The zero-order valence-corrected chi connectivity index (χ0v) is 14.7. The minimum Gasteiger partial charge on any atom is -0.478 e. The number of para-hydroxylation sites is 1. The van der Waals surface area contributed by atoms with Crippen LogP contribution in [0.1, 0.15) is 37.7 Å². The Kier molecular flexibility index (Phi) is 5.27. The summed E-state index contributed by atoms with van der Waals surface area (Å²) in [5, 5.41) is 13.0. The number of carboxylic acids is 1. The van der Waals surface area contributed by atoms with Gasteiger partial charge in [-0.2, -0.15) is 0 Å². The molecular formula is C19H26N2O4. The van der Waals surface area contributed by atoms with E-state index in [0.29, 0.717) is 31.7 Å². The van der Waals surface area contributed by atoms with Crippen molar-refractivity contribution in [2.45, 2.75) is 50.7 Å². The van der Waals surface area contributed by atoms with Crippen LogP contribution in [0.3, 0.4) is 0 Å². The summed E-state index contributed by atoms with van der Waals surface area (Å²) in [4.78, 5) is 26.3. The molecule has 0 unspecified atom stereocenters. The Labute approximate surface area is 148 Å². The first-order valence-electron chi connectivity index (χ1n) is 9.02. The van der Waals surface area contributed by atoms with E-state index >= 15 is 0 Å². The van der Waals surface area contributed by atoms with Gasteiger partial charge in [0.2, 0.25) is 11.5 Å². The molecule has 1 aromatic carbocycles. The summed E-state index contributed by atoms with van der Waals surface area (Å²) in [6.07, 6.45) is 3.63. The highest BCUT2D eigenvalue weighted by molar-refractivity contribution is 5.83. The van der Waals surface area contributed by atoms with E-state index in [1.807, 2.05) is 25.1 Å². The number of nitrogens with one attached hydrogen (secondary N) is 1. The van der Waals surface area contributed by atoms with E-state index < -0.39 is 11.6 Å². The third-order valence-corrected chi connectivity index (χ3v) is 5.28. The highest BCUT2D eigenvalue weighted by atomic mass is 16.5. The second kappa shape index (κ2) is 7.44. The molecule has 1 amide bonds. The molecule has 2 aliphatic heterocycles. The molecule has 25 heavy (non-hydrogen) atoms. The Morgan fingerprint density at radius 2 is 1.96 bits per heavy atom. The lowest BCUT2D eigenvalue weighted by Gasteiger charge is -2.40. The number of hydrogen-bond acceptors (Lipinski definition) is 4. The normalized spacial score (nSPS) is 23.1. The van der Waals surface area contributed by atoms with Gasteiger partial charge in [-0.1, -0.05) is 24.6 Å². The number of ether oxygens (including phenoxy) is 1. The summed E-state index contributed by atoms with van der Waals surface area (Å²) in [6, 6.07) is 7.31. The minimum absolute atomic E-state index is 0.0922. The summed E-state index contributed by atoms with van der Waals surface area (Å²) < 4.78 is 5.96. The van der Waals surface area contributed by atoms with E-state index in [1.165, 1.54) is 0 Å². The number of piperidine rings is 2. The summed E-state index contributed by atoms with van der Waals surface area (Å²) in [5.41, 5.74) is -0.351. The van der Waals surface area contributed by atoms with Gasteiger partial charge in [-0.15, -0.1) is 0 Å². The highest BCUT2D eigenvalue weighted by Gasteiger charge is 2.45. The molecule has 2 saturated heterocycles. The van der Waals surface area contributed by atoms with Crippen molar-refractivity contribution in [1.82, 2.24) is 10.2 Å². The average Bonchev–Trinajstić information content (AvgIpc) is 2.64. The van der Waals surface area contributed by atoms with Crippen LogP contribution in [0.2, 0.25) is 0 Å². The van der Waals surface area contributed by atoms with Crippen LogP contribution in [0.15, 0.2) is 24.3 Å². The number of carbonyl (C=O) groups excluding carboxylic acids is 1. The first-order valence-corrected chi connectivity index (χ1v) is 9.02. The van der Waals surface area contributed by atoms with Crippen molar-refractivity contribution < 1.29 is 19.4 Å². The fourth-order valence-electron chi connectivity index (χ4n) is 3.61. The topological polar surface area (TPSA) is 78.9 Å². The van der Waals surface area contributed by atoms with E-state index in [2.05, 4.69) is 5.32 Å². The fourth-order valence-corrected chi connectivity index (χ4v) is 3.61. The lowest BCUT2D eigenvalue weighted by molar-refractivity contribution is -0.162. The molecule has 0 spiro atoms. The number of aliphatic carboxylic acids is 1. The molecular weight excluding hydrogens is 320 g/mol. The first kappa shape index (κ1) is 17.7. The van der Waals surface area contributed by atoms with Crippen molar-refractivity contribution in [2.24, 2.45) is 0 Å². The van der Waals surface area contributed by atoms with Crippen LogP contribution in [-0.4, -0.2) is 53.2 Å². The maximum Gasteiger partial charge on any atom is 0.348 e. The molecule has 1 aromatic rings. The van der Waals surface area contributed by atoms with Crippen LogP contribution in [0.5, 0.6) is 5.75 Å². The molecule has 2 N–H and O–H groups in total. The van der Waals surface area contributed by atoms with Gasteiger partial charge in [0.05, 0.1) is 6.04 Å². The molecule has 6 heteroatoms. The second-order valence-electron chi connectivity index (χ2n) is 6.99. The van der Waals surface area contributed by atoms with Crippen LogP contribution in [0.4, 0.5) is 0 Å².